The van der Waals surface area contributed by atoms with Gasteiger partial charge in [-0.15, -0.1) is 11.8 Å². The maximum atomic E-state index is 13.1. The van der Waals surface area contributed by atoms with E-state index >= 15 is 0 Å². The van der Waals surface area contributed by atoms with Crippen molar-refractivity contribution >= 4 is 51.1 Å². The zero-order valence-corrected chi connectivity index (χ0v) is 21.4. The highest BCUT2D eigenvalue weighted by molar-refractivity contribution is 9.10. The number of thioether (sulfide) groups is 1. The van der Waals surface area contributed by atoms with Crippen LogP contribution >= 0.6 is 39.3 Å². The lowest BCUT2D eigenvalue weighted by atomic mass is 10.1. The third-order valence-electron chi connectivity index (χ3n) is 5.05. The standard InChI is InChI=1S/C24H30BrClN2O2S/c1-4-17(2)27-24(30)18(3)28(16-19-7-9-20(25)10-8-19)23(29)6-5-15-31-22-13-11-21(26)12-14-22/h7-14,17-18H,4-6,15-16H2,1-3H3,(H,27,30)/t17-,18-/m0/s1. The minimum absolute atomic E-state index is 0.00794. The summed E-state index contributed by atoms with van der Waals surface area (Å²) in [5.41, 5.74) is 0.996. The highest BCUT2D eigenvalue weighted by Crippen LogP contribution is 2.22. The van der Waals surface area contributed by atoms with Crippen LogP contribution in [-0.4, -0.2) is 34.6 Å². The Labute approximate surface area is 203 Å². The van der Waals surface area contributed by atoms with Gasteiger partial charge in [0, 0.05) is 33.4 Å². The number of hydrogen-bond acceptors (Lipinski definition) is 3. The molecule has 168 valence electrons. The number of nitrogens with zero attached hydrogens (tertiary/aromatic N) is 1. The van der Waals surface area contributed by atoms with E-state index in [9.17, 15) is 9.59 Å². The van der Waals surface area contributed by atoms with Crippen LogP contribution in [0.25, 0.3) is 0 Å². The molecule has 2 atom stereocenters. The largest absolute Gasteiger partial charge is 0.352 e. The predicted molar refractivity (Wildman–Crippen MR) is 133 cm³/mol. The van der Waals surface area contributed by atoms with Gasteiger partial charge in [0.2, 0.25) is 11.8 Å². The molecule has 2 aromatic carbocycles. The number of carbonyl (C=O) groups excluding carboxylic acids is 2. The topological polar surface area (TPSA) is 49.4 Å². The lowest BCUT2D eigenvalue weighted by Gasteiger charge is -2.29. The van der Waals surface area contributed by atoms with Gasteiger partial charge in [0.25, 0.3) is 0 Å². The molecule has 31 heavy (non-hydrogen) atoms. The summed E-state index contributed by atoms with van der Waals surface area (Å²) in [4.78, 5) is 28.6. The van der Waals surface area contributed by atoms with Crippen molar-refractivity contribution in [1.29, 1.82) is 0 Å². The molecule has 0 spiro atoms. The molecule has 7 heteroatoms. The van der Waals surface area contributed by atoms with Gasteiger partial charge in [0.1, 0.15) is 6.04 Å². The van der Waals surface area contributed by atoms with E-state index in [-0.39, 0.29) is 17.9 Å². The third-order valence-corrected chi connectivity index (χ3v) is 6.93. The zero-order valence-electron chi connectivity index (χ0n) is 18.2. The van der Waals surface area contributed by atoms with Crippen LogP contribution in [0.4, 0.5) is 0 Å². The maximum absolute atomic E-state index is 13.1. The summed E-state index contributed by atoms with van der Waals surface area (Å²) >= 11 is 11.1. The first-order valence-electron chi connectivity index (χ1n) is 10.5. The van der Waals surface area contributed by atoms with Crippen molar-refractivity contribution in [3.63, 3.8) is 0 Å². The van der Waals surface area contributed by atoms with E-state index in [1.807, 2.05) is 62.4 Å². The van der Waals surface area contributed by atoms with E-state index in [2.05, 4.69) is 21.2 Å². The van der Waals surface area contributed by atoms with Gasteiger partial charge in [0.05, 0.1) is 0 Å². The van der Waals surface area contributed by atoms with Gasteiger partial charge >= 0.3 is 0 Å². The molecule has 0 bridgehead atoms. The minimum atomic E-state index is -0.533. The normalized spacial score (nSPS) is 12.8. The molecule has 0 aliphatic heterocycles. The molecule has 1 N–H and O–H groups in total. The minimum Gasteiger partial charge on any atom is -0.352 e. The van der Waals surface area contributed by atoms with Crippen molar-refractivity contribution < 1.29 is 9.59 Å². The summed E-state index contributed by atoms with van der Waals surface area (Å²) in [5, 5.41) is 3.71. The molecule has 0 saturated carbocycles. The van der Waals surface area contributed by atoms with Crippen LogP contribution in [0.5, 0.6) is 0 Å². The van der Waals surface area contributed by atoms with E-state index in [4.69, 9.17) is 11.6 Å². The van der Waals surface area contributed by atoms with Crippen molar-refractivity contribution in [2.24, 2.45) is 0 Å². The number of amides is 2. The average Bonchev–Trinajstić information content (AvgIpc) is 2.76. The molecule has 0 heterocycles. The zero-order chi connectivity index (χ0) is 22.8. The van der Waals surface area contributed by atoms with Crippen LogP contribution in [0, 0.1) is 0 Å². The van der Waals surface area contributed by atoms with E-state index in [0.29, 0.717) is 18.0 Å². The summed E-state index contributed by atoms with van der Waals surface area (Å²) in [5.74, 6) is 0.703. The van der Waals surface area contributed by atoms with Crippen molar-refractivity contribution in [2.75, 3.05) is 5.75 Å². The smallest absolute Gasteiger partial charge is 0.242 e. The van der Waals surface area contributed by atoms with Crippen molar-refractivity contribution in [3.8, 4) is 0 Å². The summed E-state index contributed by atoms with van der Waals surface area (Å²) in [7, 11) is 0. The van der Waals surface area contributed by atoms with Crippen LogP contribution in [0.1, 0.15) is 45.6 Å². The second-order valence-corrected chi connectivity index (χ2v) is 10.1. The molecular weight excluding hydrogens is 496 g/mol. The van der Waals surface area contributed by atoms with Crippen LogP contribution in [0.3, 0.4) is 0 Å². The predicted octanol–water partition coefficient (Wildman–Crippen LogP) is 6.31. The summed E-state index contributed by atoms with van der Waals surface area (Å²) in [6.07, 6.45) is 1.99. The lowest BCUT2D eigenvalue weighted by molar-refractivity contribution is -0.140. The first kappa shape index (κ1) is 25.8. The summed E-state index contributed by atoms with van der Waals surface area (Å²) < 4.78 is 0.982. The Hall–Kier alpha value is -1.50. The molecule has 0 aliphatic rings. The van der Waals surface area contributed by atoms with E-state index in [0.717, 1.165) is 33.5 Å². The van der Waals surface area contributed by atoms with E-state index in [1.165, 1.54) is 0 Å². The Balaban J connectivity index is 1.99. The average molecular weight is 526 g/mol. The number of rotatable bonds is 11. The fraction of sp³-hybridized carbons (Fsp3) is 0.417. The van der Waals surface area contributed by atoms with Crippen molar-refractivity contribution in [2.45, 2.75) is 63.6 Å². The molecule has 4 nitrogen and oxygen atoms in total. The van der Waals surface area contributed by atoms with Crippen molar-refractivity contribution in [1.82, 2.24) is 10.2 Å². The van der Waals surface area contributed by atoms with Gasteiger partial charge in [-0.2, -0.15) is 0 Å². The Morgan fingerprint density at radius 2 is 1.74 bits per heavy atom. The van der Waals surface area contributed by atoms with Gasteiger partial charge in [-0.1, -0.05) is 46.6 Å². The fourth-order valence-electron chi connectivity index (χ4n) is 2.92. The molecule has 2 rings (SSSR count). The highest BCUT2D eigenvalue weighted by Gasteiger charge is 2.26. The Kier molecular flexibility index (Phi) is 10.9. The van der Waals surface area contributed by atoms with Gasteiger partial charge in [0.15, 0.2) is 0 Å². The molecule has 0 unspecified atom stereocenters. The monoisotopic (exact) mass is 524 g/mol. The van der Waals surface area contributed by atoms with Crippen LogP contribution < -0.4 is 5.32 Å². The number of halogens is 2. The summed E-state index contributed by atoms with van der Waals surface area (Å²) in [6.45, 7) is 6.21. The molecule has 2 aromatic rings. The van der Waals surface area contributed by atoms with Crippen molar-refractivity contribution in [3.05, 3.63) is 63.6 Å². The third kappa shape index (κ3) is 8.87. The summed E-state index contributed by atoms with van der Waals surface area (Å²) in [6, 6.07) is 15.1. The molecule has 0 aromatic heterocycles. The number of carbonyl (C=O) groups is 2. The van der Waals surface area contributed by atoms with Crippen LogP contribution in [0.2, 0.25) is 5.02 Å². The van der Waals surface area contributed by atoms with Gasteiger partial charge in [-0.25, -0.2) is 0 Å². The molecular formula is C24H30BrClN2O2S. The first-order valence-corrected chi connectivity index (χ1v) is 12.7. The number of hydrogen-bond donors (Lipinski definition) is 1. The van der Waals surface area contributed by atoms with E-state index < -0.39 is 6.04 Å². The second kappa shape index (κ2) is 13.1. The van der Waals surface area contributed by atoms with Gasteiger partial charge < -0.3 is 10.2 Å². The Bertz CT molecular complexity index is 846. The molecule has 2 amide bonds. The molecule has 0 fully saturated rings. The van der Waals surface area contributed by atoms with Crippen LogP contribution in [0.15, 0.2) is 57.9 Å². The van der Waals surface area contributed by atoms with Crippen LogP contribution in [-0.2, 0) is 16.1 Å². The highest BCUT2D eigenvalue weighted by atomic mass is 79.9. The molecule has 0 radical (unpaired) electrons. The van der Waals surface area contributed by atoms with E-state index in [1.54, 1.807) is 23.6 Å². The number of nitrogens with one attached hydrogen (secondary N) is 1. The van der Waals surface area contributed by atoms with Gasteiger partial charge in [-0.3, -0.25) is 9.59 Å². The molecule has 0 aliphatic carbocycles. The maximum Gasteiger partial charge on any atom is 0.242 e. The SMILES string of the molecule is CC[C@H](C)NC(=O)[C@H](C)N(Cc1ccc(Br)cc1)C(=O)CCCSc1ccc(Cl)cc1. The molecule has 0 saturated heterocycles. The number of benzene rings is 2. The Morgan fingerprint density at radius 1 is 1.10 bits per heavy atom. The lowest BCUT2D eigenvalue weighted by Crippen LogP contribution is -2.49. The van der Waals surface area contributed by atoms with Gasteiger partial charge in [-0.05, 0) is 74.4 Å². The fourth-order valence-corrected chi connectivity index (χ4v) is 4.17. The first-order chi connectivity index (χ1) is 14.8. The quantitative estimate of drug-likeness (QED) is 0.276. The second-order valence-electron chi connectivity index (χ2n) is 7.55. The Morgan fingerprint density at radius 3 is 2.35 bits per heavy atom.